The molecule has 0 aliphatic heterocycles. The number of hydrogen-bond donors (Lipinski definition) is 0. The van der Waals surface area contributed by atoms with Crippen LogP contribution in [0.4, 0.5) is 0 Å². The summed E-state index contributed by atoms with van der Waals surface area (Å²) >= 11 is 3.78. The number of nitrogens with zero attached hydrogens (tertiary/aromatic N) is 4. The van der Waals surface area contributed by atoms with Crippen LogP contribution in [0.25, 0.3) is 217 Å². The van der Waals surface area contributed by atoms with E-state index >= 15 is 0 Å². The maximum absolute atomic E-state index is 2.55. The van der Waals surface area contributed by atoms with Gasteiger partial charge in [0.25, 0.3) is 0 Å². The fourth-order valence-corrected chi connectivity index (χ4v) is 20.2. The molecule has 6 heterocycles. The third kappa shape index (κ3) is 8.74. The van der Waals surface area contributed by atoms with Gasteiger partial charge in [0.2, 0.25) is 0 Å². The van der Waals surface area contributed by atoms with Crippen molar-refractivity contribution in [1.82, 2.24) is 18.3 Å². The molecule has 0 fully saturated rings. The van der Waals surface area contributed by atoms with Crippen LogP contribution in [0.15, 0.2) is 364 Å². The zero-order chi connectivity index (χ0) is 69.2. The average molecular weight is 1380 g/mol. The fourth-order valence-electron chi connectivity index (χ4n) is 17.9. The largest absolute Gasteiger partial charge is 0.309 e. The zero-order valence-corrected chi connectivity index (χ0v) is 58.9. The first-order chi connectivity index (χ1) is 52.6. The van der Waals surface area contributed by atoms with Crippen molar-refractivity contribution in [2.45, 2.75) is 0 Å². The molecule has 0 saturated heterocycles. The van der Waals surface area contributed by atoms with Gasteiger partial charge in [-0.25, -0.2) is 0 Å². The Hall–Kier alpha value is -13.4. The number of hydrogen-bond acceptors (Lipinski definition) is 2. The van der Waals surface area contributed by atoms with Gasteiger partial charge in [0, 0.05) is 106 Å². The van der Waals surface area contributed by atoms with Gasteiger partial charge in [-0.05, 0) is 176 Å². The standard InChI is InChI=1S/C100H60N4S2/c1-3-22-61(23-4-1)62-46-50-69(51-47-62)102-86-38-17-11-32-76(86)95-80(59-93-97(99(95)102)78-34-13-19-40-91(78)105-93)67-49-54-90-83(58-67)75-31-10-16-37-85(75)104(90)88-55-52-71(72-28-7-8-29-73(72)88)64-44-42-63(43-45-64)65-24-21-27-70(56-65)103-87-39-18-12-33-77(87)96-81(60-94-98(100(96)103)79-35-14-20-41-92(79)106-94)66-48-53-89-82(57-66)74-30-9-15-36-84(74)101(89)68-25-5-2-6-26-68/h1-60H. The minimum atomic E-state index is 1.13. The monoisotopic (exact) mass is 1380 g/mol. The van der Waals surface area contributed by atoms with Crippen LogP contribution in [0.2, 0.25) is 0 Å². The number of fused-ring (bicyclic) bond motifs is 21. The van der Waals surface area contributed by atoms with Crippen LogP contribution in [0.3, 0.4) is 0 Å². The Morgan fingerprint density at radius 2 is 0.557 bits per heavy atom. The van der Waals surface area contributed by atoms with Crippen LogP contribution < -0.4 is 0 Å². The van der Waals surface area contributed by atoms with E-state index < -0.39 is 0 Å². The lowest BCUT2D eigenvalue weighted by Gasteiger charge is -2.16. The fraction of sp³-hybridized carbons (Fsp3) is 0. The number of para-hydroxylation sites is 5. The lowest BCUT2D eigenvalue weighted by Crippen LogP contribution is -1.96. The number of benzene rings is 17. The van der Waals surface area contributed by atoms with Crippen molar-refractivity contribution in [2.24, 2.45) is 0 Å². The van der Waals surface area contributed by atoms with Crippen LogP contribution in [0.5, 0.6) is 0 Å². The molecule has 0 spiro atoms. The van der Waals surface area contributed by atoms with E-state index in [1.165, 1.54) is 183 Å². The molecule has 106 heavy (non-hydrogen) atoms. The van der Waals surface area contributed by atoms with E-state index in [4.69, 9.17) is 0 Å². The molecule has 23 aromatic rings. The second kappa shape index (κ2) is 23.1. The molecule has 0 N–H and O–H groups in total. The quantitative estimate of drug-likeness (QED) is 0.137. The van der Waals surface area contributed by atoms with E-state index in [-0.39, 0.29) is 0 Å². The predicted octanol–water partition coefficient (Wildman–Crippen LogP) is 28.3. The summed E-state index contributed by atoms with van der Waals surface area (Å²) < 4.78 is 15.1. The molecule has 0 amide bonds. The predicted molar refractivity (Wildman–Crippen MR) is 454 cm³/mol. The van der Waals surface area contributed by atoms with Gasteiger partial charge < -0.3 is 18.3 Å². The molecule has 6 heteroatoms. The number of aromatic nitrogens is 4. The highest BCUT2D eigenvalue weighted by Crippen LogP contribution is 2.52. The number of thiophene rings is 2. The highest BCUT2D eigenvalue weighted by molar-refractivity contribution is 7.26. The van der Waals surface area contributed by atoms with Gasteiger partial charge in [0.1, 0.15) is 0 Å². The van der Waals surface area contributed by atoms with E-state index in [0.29, 0.717) is 0 Å². The molecule has 17 aromatic carbocycles. The van der Waals surface area contributed by atoms with Crippen LogP contribution in [-0.2, 0) is 0 Å². The van der Waals surface area contributed by atoms with Gasteiger partial charge in [0.05, 0.1) is 49.8 Å². The third-order valence-electron chi connectivity index (χ3n) is 22.5. The first-order valence-corrected chi connectivity index (χ1v) is 38.0. The highest BCUT2D eigenvalue weighted by atomic mass is 32.1. The van der Waals surface area contributed by atoms with Gasteiger partial charge in [0.15, 0.2) is 0 Å². The lowest BCUT2D eigenvalue weighted by atomic mass is 9.95. The molecule has 0 radical (unpaired) electrons. The van der Waals surface area contributed by atoms with Crippen LogP contribution in [0, 0.1) is 0 Å². The molecular formula is C100H60N4S2. The topological polar surface area (TPSA) is 19.7 Å². The van der Waals surface area contributed by atoms with Gasteiger partial charge >= 0.3 is 0 Å². The molecular weight excluding hydrogens is 1320 g/mol. The second-order valence-electron chi connectivity index (χ2n) is 28.2. The van der Waals surface area contributed by atoms with Crippen LogP contribution in [-0.4, -0.2) is 18.3 Å². The Kier molecular flexibility index (Phi) is 12.9. The van der Waals surface area contributed by atoms with Crippen LogP contribution >= 0.6 is 22.7 Å². The number of rotatable bonds is 9. The smallest absolute Gasteiger partial charge is 0.0640 e. The van der Waals surface area contributed by atoms with Crippen molar-refractivity contribution in [3.05, 3.63) is 364 Å². The van der Waals surface area contributed by atoms with Crippen molar-refractivity contribution in [3.8, 4) is 78.4 Å². The molecule has 6 aromatic heterocycles. The normalized spacial score (nSPS) is 12.2. The molecule has 0 unspecified atom stereocenters. The summed E-state index contributed by atoms with van der Waals surface area (Å²) in [6.07, 6.45) is 0. The average Bonchev–Trinajstić information content (AvgIpc) is 1.55. The summed E-state index contributed by atoms with van der Waals surface area (Å²) in [5.74, 6) is 0. The maximum atomic E-state index is 2.55. The van der Waals surface area contributed by atoms with Crippen molar-refractivity contribution in [3.63, 3.8) is 0 Å². The van der Waals surface area contributed by atoms with Gasteiger partial charge in [-0.3, -0.25) is 0 Å². The van der Waals surface area contributed by atoms with E-state index in [2.05, 4.69) is 382 Å². The molecule has 4 nitrogen and oxygen atoms in total. The van der Waals surface area contributed by atoms with E-state index in [1.807, 2.05) is 22.7 Å². The van der Waals surface area contributed by atoms with E-state index in [0.717, 1.165) is 33.9 Å². The molecule has 0 aliphatic rings. The Morgan fingerprint density at radius 1 is 0.170 bits per heavy atom. The minimum Gasteiger partial charge on any atom is -0.309 e. The van der Waals surface area contributed by atoms with Gasteiger partial charge in [-0.1, -0.05) is 249 Å². The second-order valence-corrected chi connectivity index (χ2v) is 30.3. The zero-order valence-electron chi connectivity index (χ0n) is 57.2. The summed E-state index contributed by atoms with van der Waals surface area (Å²) in [4.78, 5) is 0. The SMILES string of the molecule is c1ccc(-c2ccc(-n3c4ccccc4c4c(-c5ccc6c(c5)c5ccccc5n6-c5ccc(-c6ccc(-c7cccc(-n8c9ccccc9c9c(-c%10ccc%11c(c%10)c%10ccccc%10n%11-c%10ccccc%10)cc%10sc%11ccccc%11c%10c98)c7)cc6)c6ccccc56)cc5sc6ccccc6c5c43)cc2)cc1. The van der Waals surface area contributed by atoms with Crippen molar-refractivity contribution in [2.75, 3.05) is 0 Å². The first-order valence-electron chi connectivity index (χ1n) is 36.4. The van der Waals surface area contributed by atoms with Crippen molar-refractivity contribution < 1.29 is 0 Å². The molecule has 0 aliphatic carbocycles. The van der Waals surface area contributed by atoms with Gasteiger partial charge in [-0.2, -0.15) is 0 Å². The Bertz CT molecular complexity index is 7610. The van der Waals surface area contributed by atoms with E-state index in [1.54, 1.807) is 0 Å². The summed E-state index contributed by atoms with van der Waals surface area (Å²) in [7, 11) is 0. The molecule has 0 bridgehead atoms. The first kappa shape index (κ1) is 59.2. The highest BCUT2D eigenvalue weighted by Gasteiger charge is 2.27. The third-order valence-corrected chi connectivity index (χ3v) is 24.8. The van der Waals surface area contributed by atoms with Gasteiger partial charge in [-0.15, -0.1) is 22.7 Å². The molecule has 0 saturated carbocycles. The summed E-state index contributed by atoms with van der Waals surface area (Å²) in [5, 5.41) is 17.5. The Balaban J connectivity index is 0.634. The summed E-state index contributed by atoms with van der Waals surface area (Å²) in [6, 6.07) is 136. The molecule has 23 rings (SSSR count). The minimum absolute atomic E-state index is 1.13. The molecule has 492 valence electrons. The lowest BCUT2D eigenvalue weighted by molar-refractivity contribution is 1.18. The maximum Gasteiger partial charge on any atom is 0.0640 e. The van der Waals surface area contributed by atoms with Crippen molar-refractivity contribution in [1.29, 1.82) is 0 Å². The summed E-state index contributed by atoms with van der Waals surface area (Å²) in [6.45, 7) is 0. The van der Waals surface area contributed by atoms with Crippen molar-refractivity contribution >= 4 is 161 Å². The Labute approximate surface area is 617 Å². The van der Waals surface area contributed by atoms with E-state index in [9.17, 15) is 0 Å². The Morgan fingerprint density at radius 3 is 1.14 bits per heavy atom. The van der Waals surface area contributed by atoms with Crippen LogP contribution in [0.1, 0.15) is 0 Å². The molecule has 0 atom stereocenters. The summed E-state index contributed by atoms with van der Waals surface area (Å²) in [5.41, 5.74) is 26.2.